The van der Waals surface area contributed by atoms with Gasteiger partial charge in [0.15, 0.2) is 0 Å². The standard InChI is InChI=1S/C13H20N2O4S/c1-5-15(6-2)20(17,18)10-7-8-12(19-4)11(9-10)13(16)14-3/h7-9H,5-6H2,1-4H3,(H,14,16). The van der Waals surface area contributed by atoms with E-state index in [2.05, 4.69) is 5.32 Å². The van der Waals surface area contributed by atoms with Gasteiger partial charge >= 0.3 is 0 Å². The summed E-state index contributed by atoms with van der Waals surface area (Å²) in [6.45, 7) is 4.29. The predicted molar refractivity (Wildman–Crippen MR) is 76.5 cm³/mol. The zero-order valence-electron chi connectivity index (χ0n) is 12.1. The molecule has 0 heterocycles. The molecule has 0 aliphatic rings. The molecule has 0 aromatic heterocycles. The van der Waals surface area contributed by atoms with Gasteiger partial charge in [0.05, 0.1) is 17.6 Å². The molecule has 112 valence electrons. The second-order valence-corrected chi connectivity index (χ2v) is 5.97. The van der Waals surface area contributed by atoms with Crippen LogP contribution in [0.2, 0.25) is 0 Å². The highest BCUT2D eigenvalue weighted by Crippen LogP contribution is 2.24. The fourth-order valence-corrected chi connectivity index (χ4v) is 3.36. The molecule has 0 aliphatic carbocycles. The molecule has 7 heteroatoms. The summed E-state index contributed by atoms with van der Waals surface area (Å²) >= 11 is 0. The van der Waals surface area contributed by atoms with E-state index in [1.54, 1.807) is 13.8 Å². The van der Waals surface area contributed by atoms with Crippen LogP contribution in [-0.2, 0) is 10.0 Å². The van der Waals surface area contributed by atoms with Crippen molar-refractivity contribution in [1.29, 1.82) is 0 Å². The summed E-state index contributed by atoms with van der Waals surface area (Å²) in [6, 6.07) is 4.27. The van der Waals surface area contributed by atoms with Crippen LogP contribution in [0, 0.1) is 0 Å². The Morgan fingerprint density at radius 2 is 1.90 bits per heavy atom. The molecule has 1 aromatic carbocycles. The quantitative estimate of drug-likeness (QED) is 0.853. The topological polar surface area (TPSA) is 75.7 Å². The molecule has 0 spiro atoms. The van der Waals surface area contributed by atoms with Gasteiger partial charge in [0.1, 0.15) is 5.75 Å². The molecule has 20 heavy (non-hydrogen) atoms. The van der Waals surface area contributed by atoms with Crippen molar-refractivity contribution in [3.63, 3.8) is 0 Å². The number of benzene rings is 1. The van der Waals surface area contributed by atoms with Crippen LogP contribution in [-0.4, -0.2) is 45.9 Å². The number of sulfonamides is 1. The number of ether oxygens (including phenoxy) is 1. The van der Waals surface area contributed by atoms with Crippen molar-refractivity contribution in [1.82, 2.24) is 9.62 Å². The maximum absolute atomic E-state index is 12.4. The lowest BCUT2D eigenvalue weighted by atomic mass is 10.2. The molecule has 1 aromatic rings. The number of carbonyl (C=O) groups excluding carboxylic acids is 1. The third kappa shape index (κ3) is 3.10. The molecule has 0 radical (unpaired) electrons. The number of hydrogen-bond donors (Lipinski definition) is 1. The van der Waals surface area contributed by atoms with Crippen molar-refractivity contribution in [3.05, 3.63) is 23.8 Å². The van der Waals surface area contributed by atoms with Gasteiger partial charge in [-0.3, -0.25) is 4.79 Å². The highest BCUT2D eigenvalue weighted by Gasteiger charge is 2.24. The van der Waals surface area contributed by atoms with Gasteiger partial charge in [-0.1, -0.05) is 13.8 Å². The van der Waals surface area contributed by atoms with E-state index in [1.165, 1.54) is 36.7 Å². The van der Waals surface area contributed by atoms with Crippen LogP contribution in [0.15, 0.2) is 23.1 Å². The van der Waals surface area contributed by atoms with Crippen LogP contribution in [0.25, 0.3) is 0 Å². The van der Waals surface area contributed by atoms with Crippen LogP contribution >= 0.6 is 0 Å². The van der Waals surface area contributed by atoms with Crippen LogP contribution in [0.3, 0.4) is 0 Å². The summed E-state index contributed by atoms with van der Waals surface area (Å²) in [5, 5.41) is 2.46. The zero-order valence-corrected chi connectivity index (χ0v) is 13.0. The number of nitrogens with zero attached hydrogens (tertiary/aromatic N) is 1. The lowest BCUT2D eigenvalue weighted by Gasteiger charge is -2.19. The van der Waals surface area contributed by atoms with E-state index in [9.17, 15) is 13.2 Å². The van der Waals surface area contributed by atoms with E-state index in [-0.39, 0.29) is 10.5 Å². The average Bonchev–Trinajstić information content (AvgIpc) is 2.46. The summed E-state index contributed by atoms with van der Waals surface area (Å²) in [4.78, 5) is 11.9. The lowest BCUT2D eigenvalue weighted by molar-refractivity contribution is 0.0960. The first-order chi connectivity index (χ1) is 9.42. The van der Waals surface area contributed by atoms with E-state index in [1.807, 2.05) is 0 Å². The van der Waals surface area contributed by atoms with E-state index in [4.69, 9.17) is 4.74 Å². The minimum Gasteiger partial charge on any atom is -0.496 e. The maximum atomic E-state index is 12.4. The Balaban J connectivity index is 3.38. The molecule has 0 saturated heterocycles. The predicted octanol–water partition coefficient (Wildman–Crippen LogP) is 1.09. The van der Waals surface area contributed by atoms with E-state index in [0.29, 0.717) is 18.8 Å². The fourth-order valence-electron chi connectivity index (χ4n) is 1.87. The third-order valence-corrected chi connectivity index (χ3v) is 5.03. The van der Waals surface area contributed by atoms with Gasteiger partial charge in [-0.2, -0.15) is 4.31 Å². The van der Waals surface area contributed by atoms with Crippen molar-refractivity contribution in [3.8, 4) is 5.75 Å². The molecule has 0 saturated carbocycles. The van der Waals surface area contributed by atoms with Crippen LogP contribution in [0.1, 0.15) is 24.2 Å². The van der Waals surface area contributed by atoms with Gasteiger partial charge in [-0.25, -0.2) is 8.42 Å². The molecular formula is C13H20N2O4S. The molecule has 1 amide bonds. The molecular weight excluding hydrogens is 280 g/mol. The minimum atomic E-state index is -3.59. The second-order valence-electron chi connectivity index (χ2n) is 4.03. The van der Waals surface area contributed by atoms with Gasteiger partial charge in [-0.15, -0.1) is 0 Å². The first-order valence-electron chi connectivity index (χ1n) is 6.32. The van der Waals surface area contributed by atoms with Gasteiger partial charge in [-0.05, 0) is 18.2 Å². The Hall–Kier alpha value is -1.60. The summed E-state index contributed by atoms with van der Waals surface area (Å²) in [5.41, 5.74) is 0.197. The highest BCUT2D eigenvalue weighted by molar-refractivity contribution is 7.89. The Bertz CT molecular complexity index is 580. The molecule has 1 N–H and O–H groups in total. The number of rotatable bonds is 6. The molecule has 1 rings (SSSR count). The Kier molecular flexibility index (Phi) is 5.52. The Morgan fingerprint density at radius 3 is 2.35 bits per heavy atom. The summed E-state index contributed by atoms with van der Waals surface area (Å²) in [6.07, 6.45) is 0. The summed E-state index contributed by atoms with van der Waals surface area (Å²) < 4.78 is 31.2. The van der Waals surface area contributed by atoms with Gasteiger partial charge in [0, 0.05) is 20.1 Å². The Morgan fingerprint density at radius 1 is 1.30 bits per heavy atom. The fraction of sp³-hybridized carbons (Fsp3) is 0.462. The molecule has 0 fully saturated rings. The van der Waals surface area contributed by atoms with Crippen molar-refractivity contribution in [2.24, 2.45) is 0 Å². The summed E-state index contributed by atoms with van der Waals surface area (Å²) in [5.74, 6) is -0.0544. The number of amides is 1. The van der Waals surface area contributed by atoms with Gasteiger partial charge in [0.2, 0.25) is 10.0 Å². The smallest absolute Gasteiger partial charge is 0.254 e. The highest BCUT2D eigenvalue weighted by atomic mass is 32.2. The average molecular weight is 300 g/mol. The monoisotopic (exact) mass is 300 g/mol. The number of hydrogen-bond acceptors (Lipinski definition) is 4. The summed E-state index contributed by atoms with van der Waals surface area (Å²) in [7, 11) is -0.682. The molecule has 6 nitrogen and oxygen atoms in total. The molecule has 0 unspecified atom stereocenters. The lowest BCUT2D eigenvalue weighted by Crippen LogP contribution is -2.31. The first kappa shape index (κ1) is 16.5. The van der Waals surface area contributed by atoms with Crippen molar-refractivity contribution in [2.75, 3.05) is 27.2 Å². The van der Waals surface area contributed by atoms with Crippen LogP contribution in [0.4, 0.5) is 0 Å². The number of nitrogens with one attached hydrogen (secondary N) is 1. The maximum Gasteiger partial charge on any atom is 0.254 e. The van der Waals surface area contributed by atoms with Crippen LogP contribution in [0.5, 0.6) is 5.75 Å². The second kappa shape index (κ2) is 6.71. The van der Waals surface area contributed by atoms with Crippen LogP contribution < -0.4 is 10.1 Å². The molecule has 0 aliphatic heterocycles. The van der Waals surface area contributed by atoms with Gasteiger partial charge in [0.25, 0.3) is 5.91 Å². The number of carbonyl (C=O) groups is 1. The largest absolute Gasteiger partial charge is 0.496 e. The SMILES string of the molecule is CCN(CC)S(=O)(=O)c1ccc(OC)c(C(=O)NC)c1. The molecule has 0 atom stereocenters. The normalized spacial score (nSPS) is 11.4. The third-order valence-electron chi connectivity index (χ3n) is 2.99. The first-order valence-corrected chi connectivity index (χ1v) is 7.76. The van der Waals surface area contributed by atoms with Crippen molar-refractivity contribution >= 4 is 15.9 Å². The molecule has 0 bridgehead atoms. The van der Waals surface area contributed by atoms with E-state index in [0.717, 1.165) is 0 Å². The van der Waals surface area contributed by atoms with E-state index >= 15 is 0 Å². The zero-order chi connectivity index (χ0) is 15.3. The van der Waals surface area contributed by atoms with Crippen molar-refractivity contribution in [2.45, 2.75) is 18.7 Å². The minimum absolute atomic E-state index is 0.0839. The van der Waals surface area contributed by atoms with E-state index < -0.39 is 15.9 Å². The van der Waals surface area contributed by atoms with Crippen molar-refractivity contribution < 1.29 is 17.9 Å². The number of methoxy groups -OCH3 is 1. The van der Waals surface area contributed by atoms with Gasteiger partial charge < -0.3 is 10.1 Å². The Labute approximate surface area is 119 Å².